The maximum atomic E-state index is 12.7. The molecule has 1 atom stereocenters. The summed E-state index contributed by atoms with van der Waals surface area (Å²) in [6.07, 6.45) is 6.64. The Balaban J connectivity index is 2.66. The van der Waals surface area contributed by atoms with Crippen LogP contribution in [0.1, 0.15) is 92.9 Å². The Labute approximate surface area is 159 Å². The first-order chi connectivity index (χ1) is 12.2. The fourth-order valence-electron chi connectivity index (χ4n) is 3.59. The summed E-state index contributed by atoms with van der Waals surface area (Å²) in [7, 11) is 0. The van der Waals surface area contributed by atoms with E-state index in [9.17, 15) is 9.59 Å². The van der Waals surface area contributed by atoms with E-state index in [-0.39, 0.29) is 23.8 Å². The molecule has 1 rings (SSSR count). The molecule has 152 valence electrons. The normalized spacial score (nSPS) is 18.1. The number of hydrogen-bond acceptors (Lipinski definition) is 4. The van der Waals surface area contributed by atoms with Crippen molar-refractivity contribution in [3.63, 3.8) is 0 Å². The number of carbonyl (C=O) groups excluding carboxylic acids is 2. The Morgan fingerprint density at radius 3 is 2.00 bits per heavy atom. The van der Waals surface area contributed by atoms with Crippen LogP contribution >= 0.6 is 0 Å². The van der Waals surface area contributed by atoms with Crippen molar-refractivity contribution < 1.29 is 19.1 Å². The van der Waals surface area contributed by atoms with Crippen LogP contribution in [-0.4, -0.2) is 41.8 Å². The molecule has 5 nitrogen and oxygen atoms in total. The summed E-state index contributed by atoms with van der Waals surface area (Å²) in [5.41, 5.74) is -0.833. The van der Waals surface area contributed by atoms with Gasteiger partial charge in [-0.15, -0.1) is 0 Å². The number of amides is 1. The molecule has 0 N–H and O–H groups in total. The molecule has 26 heavy (non-hydrogen) atoms. The lowest BCUT2D eigenvalue weighted by Crippen LogP contribution is -2.41. The number of carbonyl (C=O) groups is 2. The second-order valence-corrected chi connectivity index (χ2v) is 8.30. The van der Waals surface area contributed by atoms with E-state index >= 15 is 0 Å². The van der Waals surface area contributed by atoms with E-state index in [1.165, 1.54) is 0 Å². The molecule has 5 heteroatoms. The monoisotopic (exact) mass is 369 g/mol. The SMILES string of the molecule is CCCC(CCC)(CCC)OC(=O)N1CCC(OC(=O)C(C)(C)CC)C1. The predicted molar refractivity (Wildman–Crippen MR) is 104 cm³/mol. The smallest absolute Gasteiger partial charge is 0.410 e. The van der Waals surface area contributed by atoms with Crippen LogP contribution in [0.3, 0.4) is 0 Å². The van der Waals surface area contributed by atoms with Gasteiger partial charge in [0.2, 0.25) is 0 Å². The van der Waals surface area contributed by atoms with Gasteiger partial charge in [-0.3, -0.25) is 4.79 Å². The molecule has 1 fully saturated rings. The number of likely N-dealkylation sites (tertiary alicyclic amines) is 1. The van der Waals surface area contributed by atoms with Gasteiger partial charge < -0.3 is 14.4 Å². The summed E-state index contributed by atoms with van der Waals surface area (Å²) in [6.45, 7) is 13.2. The molecular weight excluding hydrogens is 330 g/mol. The number of hydrogen-bond donors (Lipinski definition) is 0. The summed E-state index contributed by atoms with van der Waals surface area (Å²) >= 11 is 0. The number of esters is 1. The fourth-order valence-corrected chi connectivity index (χ4v) is 3.59. The van der Waals surface area contributed by atoms with Crippen molar-refractivity contribution >= 4 is 12.1 Å². The van der Waals surface area contributed by atoms with Crippen LogP contribution in [0.15, 0.2) is 0 Å². The summed E-state index contributed by atoms with van der Waals surface area (Å²) in [5.74, 6) is -0.183. The van der Waals surface area contributed by atoms with E-state index in [0.717, 1.165) is 44.9 Å². The third-order valence-corrected chi connectivity index (χ3v) is 5.53. The van der Waals surface area contributed by atoms with Crippen molar-refractivity contribution in [3.05, 3.63) is 0 Å². The number of ether oxygens (including phenoxy) is 2. The molecule has 0 aromatic carbocycles. The molecule has 0 aromatic heterocycles. The lowest BCUT2D eigenvalue weighted by molar-refractivity contribution is -0.159. The number of rotatable bonds is 10. The van der Waals surface area contributed by atoms with Crippen molar-refractivity contribution in [1.29, 1.82) is 0 Å². The molecule has 0 radical (unpaired) electrons. The molecule has 1 heterocycles. The minimum absolute atomic E-state index is 0.183. The van der Waals surface area contributed by atoms with Gasteiger partial charge in [0, 0.05) is 13.0 Å². The van der Waals surface area contributed by atoms with E-state index in [1.807, 2.05) is 20.8 Å². The van der Waals surface area contributed by atoms with Crippen LogP contribution in [0.4, 0.5) is 4.79 Å². The molecule has 0 spiro atoms. The van der Waals surface area contributed by atoms with Gasteiger partial charge in [-0.2, -0.15) is 0 Å². The van der Waals surface area contributed by atoms with Crippen LogP contribution < -0.4 is 0 Å². The molecule has 1 unspecified atom stereocenters. The average molecular weight is 370 g/mol. The molecule has 1 aliphatic heterocycles. The van der Waals surface area contributed by atoms with Gasteiger partial charge in [0.25, 0.3) is 0 Å². The highest BCUT2D eigenvalue weighted by Gasteiger charge is 2.38. The molecular formula is C21H39NO4. The summed E-state index contributed by atoms with van der Waals surface area (Å²) in [6, 6.07) is 0. The second kappa shape index (κ2) is 10.2. The largest absolute Gasteiger partial charge is 0.460 e. The third-order valence-electron chi connectivity index (χ3n) is 5.53. The Morgan fingerprint density at radius 2 is 1.54 bits per heavy atom. The van der Waals surface area contributed by atoms with Crippen LogP contribution in [0.5, 0.6) is 0 Å². The van der Waals surface area contributed by atoms with Crippen molar-refractivity contribution in [1.82, 2.24) is 4.90 Å². The van der Waals surface area contributed by atoms with Crippen molar-refractivity contribution in [3.8, 4) is 0 Å². The standard InChI is InChI=1S/C21H39NO4/c1-7-12-21(13-8-2,14-9-3)26-19(24)22-15-11-17(16-22)25-18(23)20(5,6)10-4/h17H,7-16H2,1-6H3. The van der Waals surface area contributed by atoms with Gasteiger partial charge in [0.1, 0.15) is 11.7 Å². The zero-order chi connectivity index (χ0) is 19.8. The summed E-state index contributed by atoms with van der Waals surface area (Å²) in [4.78, 5) is 26.7. The van der Waals surface area contributed by atoms with Gasteiger partial charge in [-0.05, 0) is 39.5 Å². The lowest BCUT2D eigenvalue weighted by atomic mass is 9.88. The molecule has 0 aromatic rings. The maximum Gasteiger partial charge on any atom is 0.410 e. The topological polar surface area (TPSA) is 55.8 Å². The van der Waals surface area contributed by atoms with Crippen LogP contribution in [0.25, 0.3) is 0 Å². The van der Waals surface area contributed by atoms with Crippen molar-refractivity contribution in [2.75, 3.05) is 13.1 Å². The van der Waals surface area contributed by atoms with Crippen LogP contribution in [0, 0.1) is 5.41 Å². The first-order valence-electron chi connectivity index (χ1n) is 10.4. The average Bonchev–Trinajstić information content (AvgIpc) is 3.04. The zero-order valence-corrected chi connectivity index (χ0v) is 17.7. The van der Waals surface area contributed by atoms with Gasteiger partial charge >= 0.3 is 12.1 Å². The third kappa shape index (κ3) is 6.17. The van der Waals surface area contributed by atoms with E-state index in [1.54, 1.807) is 4.90 Å². The quantitative estimate of drug-likeness (QED) is 0.489. The fraction of sp³-hybridized carbons (Fsp3) is 0.905. The minimum Gasteiger partial charge on any atom is -0.460 e. The first kappa shape index (κ1) is 22.8. The molecule has 1 saturated heterocycles. The maximum absolute atomic E-state index is 12.7. The van der Waals surface area contributed by atoms with Gasteiger partial charge in [-0.25, -0.2) is 4.79 Å². The van der Waals surface area contributed by atoms with Crippen LogP contribution in [0.2, 0.25) is 0 Å². The molecule has 0 saturated carbocycles. The summed E-state index contributed by atoms with van der Waals surface area (Å²) in [5, 5.41) is 0. The van der Waals surface area contributed by atoms with E-state index in [4.69, 9.17) is 9.47 Å². The molecule has 1 amide bonds. The van der Waals surface area contributed by atoms with E-state index < -0.39 is 5.41 Å². The molecule has 0 bridgehead atoms. The zero-order valence-electron chi connectivity index (χ0n) is 17.7. The number of nitrogens with zero attached hydrogens (tertiary/aromatic N) is 1. The minimum atomic E-state index is -0.480. The predicted octanol–water partition coefficient (Wildman–Crippen LogP) is 5.32. The molecule has 1 aliphatic rings. The Kier molecular flexibility index (Phi) is 8.91. The Hall–Kier alpha value is -1.26. The van der Waals surface area contributed by atoms with Gasteiger partial charge in [-0.1, -0.05) is 47.0 Å². The summed E-state index contributed by atoms with van der Waals surface area (Å²) < 4.78 is 11.7. The highest BCUT2D eigenvalue weighted by Crippen LogP contribution is 2.31. The Bertz CT molecular complexity index is 444. The highest BCUT2D eigenvalue weighted by molar-refractivity contribution is 5.76. The van der Waals surface area contributed by atoms with E-state index in [2.05, 4.69) is 20.8 Å². The molecule has 0 aliphatic carbocycles. The van der Waals surface area contributed by atoms with E-state index in [0.29, 0.717) is 19.5 Å². The van der Waals surface area contributed by atoms with Gasteiger partial charge in [0.05, 0.1) is 12.0 Å². The van der Waals surface area contributed by atoms with Crippen molar-refractivity contribution in [2.24, 2.45) is 5.41 Å². The highest BCUT2D eigenvalue weighted by atomic mass is 16.6. The second-order valence-electron chi connectivity index (χ2n) is 8.30. The van der Waals surface area contributed by atoms with Crippen molar-refractivity contribution in [2.45, 2.75) is 105 Å². The first-order valence-corrected chi connectivity index (χ1v) is 10.4. The van der Waals surface area contributed by atoms with Crippen LogP contribution in [-0.2, 0) is 14.3 Å². The Morgan fingerprint density at radius 1 is 1.00 bits per heavy atom. The van der Waals surface area contributed by atoms with Gasteiger partial charge in [0.15, 0.2) is 0 Å². The lowest BCUT2D eigenvalue weighted by Gasteiger charge is -2.34.